The molecular weight excluding hydrogens is 405 g/mol. The molecule has 2 aromatic carbocycles. The van der Waals surface area contributed by atoms with Gasteiger partial charge in [-0.2, -0.15) is 9.61 Å². The van der Waals surface area contributed by atoms with E-state index in [0.29, 0.717) is 33.3 Å². The van der Waals surface area contributed by atoms with Gasteiger partial charge >= 0.3 is 0 Å². The minimum Gasteiger partial charge on any atom is -0.325 e. The molecule has 4 rings (SSSR count). The highest BCUT2D eigenvalue weighted by Gasteiger charge is 2.12. The average molecular weight is 421 g/mol. The SMILES string of the molecule is CC(=O)c1ccc(NC(=O)CSc2ccc3nnc(-c4cccc(F)c4)n3n2)cc1. The first-order valence-corrected chi connectivity index (χ1v) is 10.0. The maximum atomic E-state index is 13.5. The van der Waals surface area contributed by atoms with Gasteiger partial charge in [-0.1, -0.05) is 23.9 Å². The number of hydrogen-bond acceptors (Lipinski definition) is 6. The first-order valence-electron chi connectivity index (χ1n) is 9.02. The summed E-state index contributed by atoms with van der Waals surface area (Å²) in [6.45, 7) is 1.49. The van der Waals surface area contributed by atoms with Gasteiger partial charge in [-0.3, -0.25) is 9.59 Å². The van der Waals surface area contributed by atoms with E-state index in [-0.39, 0.29) is 23.3 Å². The number of hydrogen-bond donors (Lipinski definition) is 1. The third kappa shape index (κ3) is 4.36. The Morgan fingerprint density at radius 1 is 1.07 bits per heavy atom. The maximum absolute atomic E-state index is 13.5. The molecule has 9 heteroatoms. The van der Waals surface area contributed by atoms with E-state index in [4.69, 9.17) is 0 Å². The van der Waals surface area contributed by atoms with E-state index in [2.05, 4.69) is 20.6 Å². The summed E-state index contributed by atoms with van der Waals surface area (Å²) in [5.74, 6) is -0.0439. The summed E-state index contributed by atoms with van der Waals surface area (Å²) in [4.78, 5) is 23.6. The third-order valence-corrected chi connectivity index (χ3v) is 5.17. The Labute approximate surface area is 175 Å². The minimum absolute atomic E-state index is 0.0310. The van der Waals surface area contributed by atoms with Crippen LogP contribution in [-0.2, 0) is 4.79 Å². The van der Waals surface area contributed by atoms with Gasteiger partial charge in [-0.25, -0.2) is 4.39 Å². The lowest BCUT2D eigenvalue weighted by Gasteiger charge is -2.06. The summed E-state index contributed by atoms with van der Waals surface area (Å²) in [5, 5.41) is 16.0. The fraction of sp³-hybridized carbons (Fsp3) is 0.0952. The van der Waals surface area contributed by atoms with Crippen LogP contribution in [0.3, 0.4) is 0 Å². The van der Waals surface area contributed by atoms with Crippen LogP contribution in [0.1, 0.15) is 17.3 Å². The zero-order chi connectivity index (χ0) is 21.1. The Bertz CT molecular complexity index is 1240. The number of thioether (sulfide) groups is 1. The molecule has 0 bridgehead atoms. The van der Waals surface area contributed by atoms with Crippen molar-refractivity contribution in [2.45, 2.75) is 11.9 Å². The summed E-state index contributed by atoms with van der Waals surface area (Å²) >= 11 is 1.25. The number of amides is 1. The Kier molecular flexibility index (Phi) is 5.53. The van der Waals surface area contributed by atoms with Crippen molar-refractivity contribution in [3.8, 4) is 11.4 Å². The summed E-state index contributed by atoms with van der Waals surface area (Å²) in [7, 11) is 0. The fourth-order valence-corrected chi connectivity index (χ4v) is 3.44. The van der Waals surface area contributed by atoms with E-state index in [1.165, 1.54) is 35.3 Å². The predicted octanol–water partition coefficient (Wildman–Crippen LogP) is 3.86. The highest BCUT2D eigenvalue weighted by molar-refractivity contribution is 7.99. The molecule has 0 fully saturated rings. The Morgan fingerprint density at radius 2 is 1.87 bits per heavy atom. The third-order valence-electron chi connectivity index (χ3n) is 4.25. The summed E-state index contributed by atoms with van der Waals surface area (Å²) in [6, 6.07) is 16.2. The van der Waals surface area contributed by atoms with Gasteiger partial charge in [0.05, 0.1) is 5.75 Å². The molecule has 0 aliphatic carbocycles. The molecule has 1 amide bonds. The zero-order valence-corrected chi connectivity index (χ0v) is 16.7. The van der Waals surface area contributed by atoms with E-state index >= 15 is 0 Å². The number of carbonyl (C=O) groups excluding carboxylic acids is 2. The molecule has 1 N–H and O–H groups in total. The minimum atomic E-state index is -0.372. The molecule has 150 valence electrons. The van der Waals surface area contributed by atoms with Crippen LogP contribution in [0.5, 0.6) is 0 Å². The Morgan fingerprint density at radius 3 is 2.60 bits per heavy atom. The maximum Gasteiger partial charge on any atom is 0.234 e. The lowest BCUT2D eigenvalue weighted by atomic mass is 10.1. The molecule has 0 spiro atoms. The van der Waals surface area contributed by atoms with Crippen molar-refractivity contribution in [1.82, 2.24) is 19.8 Å². The smallest absolute Gasteiger partial charge is 0.234 e. The largest absolute Gasteiger partial charge is 0.325 e. The number of Topliss-reactive ketones (excluding diaryl/α,β-unsaturated/α-hetero) is 1. The van der Waals surface area contributed by atoms with Crippen LogP contribution in [0.25, 0.3) is 17.0 Å². The van der Waals surface area contributed by atoms with Gasteiger partial charge in [0.15, 0.2) is 17.3 Å². The second-order valence-electron chi connectivity index (χ2n) is 6.45. The molecule has 2 aromatic heterocycles. The molecule has 0 radical (unpaired) electrons. The standard InChI is InChI=1S/C21H16FN5O2S/c1-13(28)14-5-7-17(8-6-14)23-19(29)12-30-20-10-9-18-24-25-21(27(18)26-20)15-3-2-4-16(22)11-15/h2-11H,12H2,1H3,(H,23,29). The highest BCUT2D eigenvalue weighted by Crippen LogP contribution is 2.21. The van der Waals surface area contributed by atoms with Crippen LogP contribution in [0.2, 0.25) is 0 Å². The molecule has 0 unspecified atom stereocenters. The highest BCUT2D eigenvalue weighted by atomic mass is 32.2. The van der Waals surface area contributed by atoms with Crippen LogP contribution in [0, 0.1) is 5.82 Å². The normalized spacial score (nSPS) is 10.9. The zero-order valence-electron chi connectivity index (χ0n) is 15.9. The monoisotopic (exact) mass is 421 g/mol. The van der Waals surface area contributed by atoms with E-state index in [1.54, 1.807) is 48.5 Å². The molecule has 0 aliphatic heterocycles. The molecule has 7 nitrogen and oxygen atoms in total. The van der Waals surface area contributed by atoms with Crippen molar-refractivity contribution >= 4 is 34.8 Å². The number of fused-ring (bicyclic) bond motifs is 1. The van der Waals surface area contributed by atoms with E-state index in [0.717, 1.165) is 0 Å². The van der Waals surface area contributed by atoms with Crippen LogP contribution in [0.15, 0.2) is 65.7 Å². The molecule has 0 saturated carbocycles. The van der Waals surface area contributed by atoms with Crippen LogP contribution in [-0.4, -0.2) is 37.3 Å². The van der Waals surface area contributed by atoms with Crippen LogP contribution >= 0.6 is 11.8 Å². The molecule has 0 saturated heterocycles. The fourth-order valence-electron chi connectivity index (χ4n) is 2.78. The van der Waals surface area contributed by atoms with Crippen molar-refractivity contribution < 1.29 is 14.0 Å². The number of rotatable bonds is 6. The molecule has 0 aliphatic rings. The van der Waals surface area contributed by atoms with Crippen molar-refractivity contribution in [2.75, 3.05) is 11.1 Å². The molecule has 2 heterocycles. The van der Waals surface area contributed by atoms with Crippen molar-refractivity contribution in [3.63, 3.8) is 0 Å². The second kappa shape index (κ2) is 8.42. The lowest BCUT2D eigenvalue weighted by molar-refractivity contribution is -0.113. The first kappa shape index (κ1) is 19.7. The Hall–Kier alpha value is -3.59. The van der Waals surface area contributed by atoms with Gasteiger partial charge in [0, 0.05) is 16.8 Å². The second-order valence-corrected chi connectivity index (χ2v) is 7.44. The van der Waals surface area contributed by atoms with Gasteiger partial charge in [0.1, 0.15) is 10.8 Å². The van der Waals surface area contributed by atoms with Crippen LogP contribution < -0.4 is 5.32 Å². The lowest BCUT2D eigenvalue weighted by Crippen LogP contribution is -2.14. The number of anilines is 1. The topological polar surface area (TPSA) is 89.2 Å². The number of nitrogens with one attached hydrogen (secondary N) is 1. The van der Waals surface area contributed by atoms with Crippen molar-refractivity contribution in [2.24, 2.45) is 0 Å². The average Bonchev–Trinajstić information content (AvgIpc) is 3.16. The number of carbonyl (C=O) groups is 2. The van der Waals surface area contributed by atoms with Gasteiger partial charge in [-0.05, 0) is 55.5 Å². The number of benzene rings is 2. The van der Waals surface area contributed by atoms with Crippen LogP contribution in [0.4, 0.5) is 10.1 Å². The van der Waals surface area contributed by atoms with E-state index in [9.17, 15) is 14.0 Å². The summed E-state index contributed by atoms with van der Waals surface area (Å²) in [5.41, 5.74) is 2.28. The first-order chi connectivity index (χ1) is 14.5. The molecule has 0 atom stereocenters. The van der Waals surface area contributed by atoms with E-state index < -0.39 is 0 Å². The molecule has 30 heavy (non-hydrogen) atoms. The molecular formula is C21H16FN5O2S. The summed E-state index contributed by atoms with van der Waals surface area (Å²) < 4.78 is 15.1. The summed E-state index contributed by atoms with van der Waals surface area (Å²) in [6.07, 6.45) is 0. The Balaban J connectivity index is 1.45. The van der Waals surface area contributed by atoms with Gasteiger partial charge in [-0.15, -0.1) is 10.2 Å². The van der Waals surface area contributed by atoms with E-state index in [1.807, 2.05) is 0 Å². The van der Waals surface area contributed by atoms with Crippen molar-refractivity contribution in [3.05, 3.63) is 72.0 Å². The predicted molar refractivity (Wildman–Crippen MR) is 112 cm³/mol. The number of nitrogens with zero attached hydrogens (tertiary/aromatic N) is 4. The van der Waals surface area contributed by atoms with Gasteiger partial charge in [0.25, 0.3) is 0 Å². The number of halogens is 1. The molecule has 4 aromatic rings. The number of ketones is 1. The number of aromatic nitrogens is 4. The van der Waals surface area contributed by atoms with Crippen molar-refractivity contribution in [1.29, 1.82) is 0 Å². The van der Waals surface area contributed by atoms with Gasteiger partial charge < -0.3 is 5.32 Å². The quantitative estimate of drug-likeness (QED) is 0.376. The van der Waals surface area contributed by atoms with Gasteiger partial charge in [0.2, 0.25) is 5.91 Å².